The molecule has 0 heterocycles. The highest BCUT2D eigenvalue weighted by Crippen LogP contribution is 2.39. The Morgan fingerprint density at radius 3 is 2.41 bits per heavy atom. The van der Waals surface area contributed by atoms with Crippen LogP contribution in [0, 0.1) is 10.1 Å². The molecule has 0 radical (unpaired) electrons. The second kappa shape index (κ2) is 4.77. The number of halogens is 1. The maximum Gasteiger partial charge on any atom is 0.297 e. The largest absolute Gasteiger partial charge is 0.297 e. The molecule has 0 aliphatic rings. The minimum absolute atomic E-state index is 0.00185. The normalized spacial score (nSPS) is 10.8. The van der Waals surface area contributed by atoms with E-state index in [-0.39, 0.29) is 16.8 Å². The Bertz CT molecular complexity index is 514. The first-order valence-corrected chi connectivity index (χ1v) is 5.63. The van der Waals surface area contributed by atoms with Crippen molar-refractivity contribution in [3.05, 3.63) is 32.3 Å². The molecule has 0 atom stereocenters. The van der Waals surface area contributed by atoms with E-state index in [1.807, 2.05) is 20.8 Å². The molecule has 0 amide bonds. The molecule has 0 saturated heterocycles. The number of hydrogen-bond acceptors (Lipinski definition) is 4. The lowest BCUT2D eigenvalue weighted by atomic mass is 9.86. The molecule has 0 fully saturated rings. The fraction of sp³-hybridized carbons (Fsp3) is 0.364. The van der Waals surface area contributed by atoms with Gasteiger partial charge in [-0.25, -0.2) is 4.79 Å². The summed E-state index contributed by atoms with van der Waals surface area (Å²) < 4.78 is 0.417. The molecular formula is C11H11BrN2O3. The zero-order valence-corrected chi connectivity index (χ0v) is 11.2. The van der Waals surface area contributed by atoms with Crippen molar-refractivity contribution >= 4 is 33.4 Å². The van der Waals surface area contributed by atoms with Gasteiger partial charge in [0.2, 0.25) is 6.08 Å². The zero-order valence-electron chi connectivity index (χ0n) is 9.65. The summed E-state index contributed by atoms with van der Waals surface area (Å²) >= 11 is 3.18. The molecule has 1 rings (SSSR count). The van der Waals surface area contributed by atoms with Crippen LogP contribution in [0.15, 0.2) is 21.6 Å². The van der Waals surface area contributed by atoms with Crippen LogP contribution in [0.25, 0.3) is 0 Å². The number of isocyanates is 1. The molecule has 0 aromatic heterocycles. The third-order valence-corrected chi connectivity index (χ3v) is 2.87. The number of aliphatic imine (C=N–C) groups is 1. The van der Waals surface area contributed by atoms with Gasteiger partial charge in [-0.1, -0.05) is 20.8 Å². The van der Waals surface area contributed by atoms with E-state index < -0.39 is 4.92 Å². The van der Waals surface area contributed by atoms with E-state index in [4.69, 9.17) is 0 Å². The van der Waals surface area contributed by atoms with Crippen molar-refractivity contribution < 1.29 is 9.72 Å². The van der Waals surface area contributed by atoms with E-state index in [1.165, 1.54) is 12.1 Å². The first-order valence-electron chi connectivity index (χ1n) is 4.83. The molecule has 90 valence electrons. The number of nitro groups is 1. The predicted octanol–water partition coefficient (Wildman–Crippen LogP) is 3.62. The summed E-state index contributed by atoms with van der Waals surface area (Å²) in [5, 5.41) is 10.9. The number of hydrogen-bond donors (Lipinski definition) is 0. The molecule has 17 heavy (non-hydrogen) atoms. The molecule has 0 aliphatic carbocycles. The minimum Gasteiger partial charge on any atom is -0.258 e. The average molecular weight is 299 g/mol. The monoisotopic (exact) mass is 298 g/mol. The molecule has 0 N–H and O–H groups in total. The molecule has 1 aromatic carbocycles. The number of carbonyl (C=O) groups excluding carboxylic acids is 1. The van der Waals surface area contributed by atoms with Gasteiger partial charge in [0.25, 0.3) is 5.69 Å². The van der Waals surface area contributed by atoms with Crippen LogP contribution in [0.1, 0.15) is 26.3 Å². The Morgan fingerprint density at radius 2 is 2.00 bits per heavy atom. The first kappa shape index (κ1) is 13.5. The van der Waals surface area contributed by atoms with Gasteiger partial charge in [-0.3, -0.25) is 10.1 Å². The fourth-order valence-corrected chi connectivity index (χ4v) is 1.85. The summed E-state index contributed by atoms with van der Waals surface area (Å²) in [6.07, 6.45) is 1.32. The molecule has 0 bridgehead atoms. The summed E-state index contributed by atoms with van der Waals surface area (Å²) in [7, 11) is 0. The molecule has 1 aromatic rings. The van der Waals surface area contributed by atoms with Crippen LogP contribution in [-0.4, -0.2) is 11.0 Å². The number of benzene rings is 1. The Balaban J connectivity index is 3.57. The SMILES string of the molecule is CC(C)(C)c1cc(Br)c(N=C=O)c([N+](=O)[O-])c1. The molecule has 5 nitrogen and oxygen atoms in total. The van der Waals surface area contributed by atoms with Crippen LogP contribution >= 0.6 is 15.9 Å². The van der Waals surface area contributed by atoms with Crippen LogP contribution in [0.4, 0.5) is 11.4 Å². The Labute approximate surface area is 107 Å². The quantitative estimate of drug-likeness (QED) is 0.362. The van der Waals surface area contributed by atoms with Gasteiger partial charge in [0, 0.05) is 6.07 Å². The van der Waals surface area contributed by atoms with Gasteiger partial charge in [-0.15, -0.1) is 0 Å². The highest BCUT2D eigenvalue weighted by atomic mass is 79.9. The summed E-state index contributed by atoms with van der Waals surface area (Å²) in [5.41, 5.74) is 0.364. The summed E-state index contributed by atoms with van der Waals surface area (Å²) in [6, 6.07) is 3.16. The molecule has 0 saturated carbocycles. The minimum atomic E-state index is -0.559. The van der Waals surface area contributed by atoms with Crippen LogP contribution in [0.2, 0.25) is 0 Å². The predicted molar refractivity (Wildman–Crippen MR) is 67.3 cm³/mol. The van der Waals surface area contributed by atoms with Gasteiger partial charge in [0.1, 0.15) is 0 Å². The van der Waals surface area contributed by atoms with Gasteiger partial charge < -0.3 is 0 Å². The van der Waals surface area contributed by atoms with E-state index in [9.17, 15) is 14.9 Å². The first-order chi connectivity index (χ1) is 7.77. The van der Waals surface area contributed by atoms with Crippen LogP contribution in [-0.2, 0) is 10.2 Å². The lowest BCUT2D eigenvalue weighted by Crippen LogP contribution is -2.11. The molecule has 0 spiro atoms. The highest BCUT2D eigenvalue weighted by molar-refractivity contribution is 9.10. The van der Waals surface area contributed by atoms with Crippen LogP contribution in [0.5, 0.6) is 0 Å². The van der Waals surface area contributed by atoms with Crippen molar-refractivity contribution in [3.8, 4) is 0 Å². The third-order valence-electron chi connectivity index (χ3n) is 2.26. The van der Waals surface area contributed by atoms with Crippen molar-refractivity contribution in [1.82, 2.24) is 0 Å². The van der Waals surface area contributed by atoms with E-state index >= 15 is 0 Å². The van der Waals surface area contributed by atoms with E-state index in [2.05, 4.69) is 20.9 Å². The highest BCUT2D eigenvalue weighted by Gasteiger charge is 2.23. The Kier molecular flexibility index (Phi) is 3.80. The van der Waals surface area contributed by atoms with Crippen molar-refractivity contribution in [3.63, 3.8) is 0 Å². The van der Waals surface area contributed by atoms with Gasteiger partial charge in [-0.2, -0.15) is 4.99 Å². The average Bonchev–Trinajstić information content (AvgIpc) is 2.18. The maximum absolute atomic E-state index is 10.9. The molecule has 6 heteroatoms. The summed E-state index contributed by atoms with van der Waals surface area (Å²) in [5.74, 6) is 0. The molecule has 0 aliphatic heterocycles. The topological polar surface area (TPSA) is 72.6 Å². The Morgan fingerprint density at radius 1 is 1.41 bits per heavy atom. The van der Waals surface area contributed by atoms with Gasteiger partial charge in [0.05, 0.1) is 9.40 Å². The summed E-state index contributed by atoms with van der Waals surface area (Å²) in [6.45, 7) is 5.84. The van der Waals surface area contributed by atoms with E-state index in [0.717, 1.165) is 5.56 Å². The zero-order chi connectivity index (χ0) is 13.2. The van der Waals surface area contributed by atoms with Crippen molar-refractivity contribution in [1.29, 1.82) is 0 Å². The van der Waals surface area contributed by atoms with Gasteiger partial charge >= 0.3 is 0 Å². The smallest absolute Gasteiger partial charge is 0.258 e. The fourth-order valence-electron chi connectivity index (χ4n) is 1.31. The molecular weight excluding hydrogens is 288 g/mol. The second-order valence-electron chi connectivity index (χ2n) is 4.54. The van der Waals surface area contributed by atoms with Gasteiger partial charge in [-0.05, 0) is 33.0 Å². The second-order valence-corrected chi connectivity index (χ2v) is 5.39. The number of nitrogens with zero attached hydrogens (tertiary/aromatic N) is 2. The lowest BCUT2D eigenvalue weighted by molar-refractivity contribution is -0.384. The number of rotatable bonds is 2. The van der Waals surface area contributed by atoms with Crippen molar-refractivity contribution in [2.45, 2.75) is 26.2 Å². The third kappa shape index (κ3) is 2.99. The van der Waals surface area contributed by atoms with Crippen LogP contribution in [0.3, 0.4) is 0 Å². The molecule has 0 unspecified atom stereocenters. The standard InChI is InChI=1S/C11H11BrN2O3/c1-11(2,3)7-4-8(12)10(13-6-15)9(5-7)14(16)17/h4-5H,1-3H3. The summed E-state index contributed by atoms with van der Waals surface area (Å²) in [4.78, 5) is 24.0. The maximum atomic E-state index is 10.9. The Hall–Kier alpha value is -1.52. The van der Waals surface area contributed by atoms with Crippen LogP contribution < -0.4 is 0 Å². The van der Waals surface area contributed by atoms with Crippen molar-refractivity contribution in [2.75, 3.05) is 0 Å². The van der Waals surface area contributed by atoms with E-state index in [0.29, 0.717) is 4.47 Å². The number of nitro benzene ring substituents is 1. The van der Waals surface area contributed by atoms with E-state index in [1.54, 1.807) is 6.07 Å². The lowest BCUT2D eigenvalue weighted by Gasteiger charge is -2.19. The van der Waals surface area contributed by atoms with Crippen molar-refractivity contribution in [2.24, 2.45) is 4.99 Å². The van der Waals surface area contributed by atoms with Gasteiger partial charge in [0.15, 0.2) is 5.69 Å².